The number of nitrogens with one attached hydrogen (secondary N) is 1. The largest absolute Gasteiger partial charge is 0.508 e. The monoisotopic (exact) mass is 477 g/mol. The number of rotatable bonds is 9. The van der Waals surface area contributed by atoms with E-state index < -0.39 is 11.5 Å². The van der Waals surface area contributed by atoms with Gasteiger partial charge in [-0.15, -0.1) is 0 Å². The lowest BCUT2D eigenvalue weighted by molar-refractivity contribution is 0.102. The number of anilines is 1. The Hall–Kier alpha value is -3.54. The number of benzene rings is 2. The third-order valence-electron chi connectivity index (χ3n) is 6.39. The maximum Gasteiger partial charge on any atom is 0.360 e. The molecular formula is C29H35NO5. The molecule has 6 heteroatoms. The number of phenolic OH excluding ortho intramolecular Hbond substituents is 1. The van der Waals surface area contributed by atoms with E-state index in [1.54, 1.807) is 12.1 Å². The second-order valence-corrected chi connectivity index (χ2v) is 9.70. The smallest absolute Gasteiger partial charge is 0.360 e. The standard InChI is InChI=1S/C29H35NO5/c1-17(2)7-8-21-15-23(9-11-25(21)31)28(32)30-24-16-22-10-12-26(20(6)27(22)35-29(24)33)34-14-13-19(5)18(3)4/h7,9-12,15-16,18-19,31H,8,13-14H2,1-6H3,(H,30,32). The summed E-state index contributed by atoms with van der Waals surface area (Å²) in [5.74, 6) is 1.49. The topological polar surface area (TPSA) is 88.8 Å². The van der Waals surface area contributed by atoms with Gasteiger partial charge in [-0.05, 0) is 87.4 Å². The molecule has 2 N–H and O–H groups in total. The number of hydrogen-bond donors (Lipinski definition) is 2. The zero-order valence-corrected chi connectivity index (χ0v) is 21.4. The van der Waals surface area contributed by atoms with E-state index in [-0.39, 0.29) is 11.4 Å². The molecule has 0 aliphatic carbocycles. The van der Waals surface area contributed by atoms with Crippen LogP contribution >= 0.6 is 0 Å². The average molecular weight is 478 g/mol. The van der Waals surface area contributed by atoms with E-state index in [1.165, 1.54) is 12.1 Å². The molecule has 0 saturated heterocycles. The molecule has 6 nitrogen and oxygen atoms in total. The Labute approximate surface area is 206 Å². The minimum atomic E-state index is -0.636. The van der Waals surface area contributed by atoms with Gasteiger partial charge in [-0.3, -0.25) is 4.79 Å². The minimum absolute atomic E-state index is 0.0558. The van der Waals surface area contributed by atoms with Crippen molar-refractivity contribution in [2.45, 2.75) is 54.4 Å². The summed E-state index contributed by atoms with van der Waals surface area (Å²) >= 11 is 0. The molecule has 2 aromatic carbocycles. The Balaban J connectivity index is 1.80. The lowest BCUT2D eigenvalue weighted by Gasteiger charge is -2.16. The summed E-state index contributed by atoms with van der Waals surface area (Å²) < 4.78 is 11.5. The fourth-order valence-electron chi connectivity index (χ4n) is 3.64. The highest BCUT2D eigenvalue weighted by Crippen LogP contribution is 2.29. The number of carbonyl (C=O) groups is 1. The molecule has 0 radical (unpaired) electrons. The summed E-state index contributed by atoms with van der Waals surface area (Å²) in [5, 5.41) is 13.4. The molecule has 186 valence electrons. The quantitative estimate of drug-likeness (QED) is 0.267. The molecule has 1 heterocycles. The molecule has 0 fully saturated rings. The van der Waals surface area contributed by atoms with Crippen molar-refractivity contribution < 1.29 is 19.1 Å². The maximum atomic E-state index is 12.8. The first-order valence-corrected chi connectivity index (χ1v) is 12.0. The van der Waals surface area contributed by atoms with E-state index in [9.17, 15) is 14.7 Å². The highest BCUT2D eigenvalue weighted by molar-refractivity contribution is 6.05. The second-order valence-electron chi connectivity index (χ2n) is 9.70. The fraction of sp³-hybridized carbons (Fsp3) is 0.379. The number of ether oxygens (including phenoxy) is 1. The van der Waals surface area contributed by atoms with Crippen LogP contribution in [0.3, 0.4) is 0 Å². The van der Waals surface area contributed by atoms with Crippen molar-refractivity contribution in [1.29, 1.82) is 0 Å². The number of aryl methyl sites for hydroxylation is 1. The Bertz CT molecular complexity index is 1300. The summed E-state index contributed by atoms with van der Waals surface area (Å²) in [5.41, 5.74) is 2.70. The van der Waals surface area contributed by atoms with E-state index >= 15 is 0 Å². The van der Waals surface area contributed by atoms with Gasteiger partial charge in [0, 0.05) is 16.5 Å². The van der Waals surface area contributed by atoms with Crippen molar-refractivity contribution in [3.63, 3.8) is 0 Å². The van der Waals surface area contributed by atoms with Gasteiger partial charge < -0.3 is 19.6 Å². The first-order chi connectivity index (χ1) is 16.6. The predicted octanol–water partition coefficient (Wildman–Crippen LogP) is 6.63. The van der Waals surface area contributed by atoms with Crippen LogP contribution < -0.4 is 15.7 Å². The van der Waals surface area contributed by atoms with E-state index in [0.29, 0.717) is 52.7 Å². The zero-order chi connectivity index (χ0) is 25.7. The van der Waals surface area contributed by atoms with Crippen LogP contribution in [0.15, 0.2) is 57.3 Å². The van der Waals surface area contributed by atoms with Gasteiger partial charge in [-0.2, -0.15) is 0 Å². The summed E-state index contributed by atoms with van der Waals surface area (Å²) in [6.45, 7) is 13.0. The predicted molar refractivity (Wildman–Crippen MR) is 141 cm³/mol. The van der Waals surface area contributed by atoms with Gasteiger partial charge in [0.2, 0.25) is 0 Å². The molecule has 0 aliphatic rings. The lowest BCUT2D eigenvalue weighted by Crippen LogP contribution is -2.18. The number of aromatic hydroxyl groups is 1. The Morgan fingerprint density at radius 1 is 1.14 bits per heavy atom. The van der Waals surface area contributed by atoms with Gasteiger partial charge in [0.25, 0.3) is 5.91 Å². The molecule has 0 spiro atoms. The summed E-state index contributed by atoms with van der Waals surface area (Å²) in [6.07, 6.45) is 3.42. The van der Waals surface area contributed by atoms with Gasteiger partial charge >= 0.3 is 5.63 Å². The van der Waals surface area contributed by atoms with Crippen LogP contribution in [-0.4, -0.2) is 17.6 Å². The van der Waals surface area contributed by atoms with Gasteiger partial charge in [0.15, 0.2) is 0 Å². The molecule has 35 heavy (non-hydrogen) atoms. The second kappa shape index (κ2) is 11.3. The van der Waals surface area contributed by atoms with Crippen molar-refractivity contribution >= 4 is 22.6 Å². The third kappa shape index (κ3) is 6.53. The SMILES string of the molecule is CC(C)=CCc1cc(C(=O)Nc2cc3ccc(OCCC(C)C(C)C)c(C)c3oc2=O)ccc1O. The molecule has 0 saturated carbocycles. The number of hydrogen-bond acceptors (Lipinski definition) is 5. The molecule has 1 amide bonds. The average Bonchev–Trinajstić information content (AvgIpc) is 2.80. The molecule has 0 aliphatic heterocycles. The summed E-state index contributed by atoms with van der Waals surface area (Å²) in [7, 11) is 0. The van der Waals surface area contributed by atoms with Crippen LogP contribution in [0.5, 0.6) is 11.5 Å². The van der Waals surface area contributed by atoms with E-state index in [4.69, 9.17) is 9.15 Å². The normalized spacial score (nSPS) is 12.0. The number of phenols is 1. The first-order valence-electron chi connectivity index (χ1n) is 12.0. The number of allylic oxidation sites excluding steroid dienone is 2. The number of amides is 1. The van der Waals surface area contributed by atoms with Gasteiger partial charge in [0.05, 0.1) is 6.61 Å². The molecular weight excluding hydrogens is 442 g/mol. The van der Waals surface area contributed by atoms with Crippen LogP contribution in [0.25, 0.3) is 11.0 Å². The van der Waals surface area contributed by atoms with Crippen molar-refractivity contribution in [1.82, 2.24) is 0 Å². The van der Waals surface area contributed by atoms with Crippen molar-refractivity contribution in [3.8, 4) is 11.5 Å². The van der Waals surface area contributed by atoms with Crippen LogP contribution in [0.2, 0.25) is 0 Å². The molecule has 1 aromatic heterocycles. The number of fused-ring (bicyclic) bond motifs is 1. The highest BCUT2D eigenvalue weighted by atomic mass is 16.5. The van der Waals surface area contributed by atoms with Crippen LogP contribution in [0, 0.1) is 18.8 Å². The molecule has 3 aromatic rings. The van der Waals surface area contributed by atoms with Crippen molar-refractivity contribution in [2.75, 3.05) is 11.9 Å². The van der Waals surface area contributed by atoms with E-state index in [2.05, 4.69) is 26.1 Å². The van der Waals surface area contributed by atoms with E-state index in [0.717, 1.165) is 17.6 Å². The minimum Gasteiger partial charge on any atom is -0.508 e. The maximum absolute atomic E-state index is 12.8. The Morgan fingerprint density at radius 2 is 1.89 bits per heavy atom. The van der Waals surface area contributed by atoms with Crippen LogP contribution in [0.1, 0.15) is 62.5 Å². The fourth-order valence-corrected chi connectivity index (χ4v) is 3.64. The third-order valence-corrected chi connectivity index (χ3v) is 6.39. The van der Waals surface area contributed by atoms with Crippen molar-refractivity contribution in [3.05, 3.63) is 75.2 Å². The molecule has 1 unspecified atom stereocenters. The van der Waals surface area contributed by atoms with Gasteiger partial charge in [0.1, 0.15) is 22.8 Å². The Kier molecular flexibility index (Phi) is 8.39. The van der Waals surface area contributed by atoms with Crippen LogP contribution in [0.4, 0.5) is 5.69 Å². The summed E-state index contributed by atoms with van der Waals surface area (Å²) in [4.78, 5) is 25.5. The summed E-state index contributed by atoms with van der Waals surface area (Å²) in [6, 6.07) is 9.92. The van der Waals surface area contributed by atoms with Gasteiger partial charge in [-0.25, -0.2) is 4.79 Å². The Morgan fingerprint density at radius 3 is 2.57 bits per heavy atom. The lowest BCUT2D eigenvalue weighted by atomic mass is 9.95. The zero-order valence-electron chi connectivity index (χ0n) is 21.4. The molecule has 3 rings (SSSR count). The van der Waals surface area contributed by atoms with Gasteiger partial charge in [-0.1, -0.05) is 32.4 Å². The van der Waals surface area contributed by atoms with E-state index in [1.807, 2.05) is 39.0 Å². The van der Waals surface area contributed by atoms with Crippen LogP contribution in [-0.2, 0) is 6.42 Å². The number of carbonyl (C=O) groups excluding carboxylic acids is 1. The highest BCUT2D eigenvalue weighted by Gasteiger charge is 2.15. The first kappa shape index (κ1) is 26.1. The molecule has 1 atom stereocenters. The molecule has 0 bridgehead atoms. The van der Waals surface area contributed by atoms with Crippen molar-refractivity contribution in [2.24, 2.45) is 11.8 Å².